The Labute approximate surface area is 175 Å². The molecule has 1 aromatic heterocycles. The number of aromatic amines is 1. The molecule has 1 atom stereocenters. The van der Waals surface area contributed by atoms with Gasteiger partial charge in [-0.3, -0.25) is 9.69 Å². The van der Waals surface area contributed by atoms with Crippen LogP contribution < -0.4 is 10.3 Å². The van der Waals surface area contributed by atoms with Crippen molar-refractivity contribution in [3.8, 4) is 5.75 Å². The Morgan fingerprint density at radius 2 is 1.70 bits per heavy atom. The number of hydrogen-bond acceptors (Lipinski definition) is 6. The van der Waals surface area contributed by atoms with Crippen LogP contribution in [0.3, 0.4) is 0 Å². The van der Waals surface area contributed by atoms with Gasteiger partial charge in [0.25, 0.3) is 5.56 Å². The van der Waals surface area contributed by atoms with Gasteiger partial charge in [0, 0.05) is 26.2 Å². The summed E-state index contributed by atoms with van der Waals surface area (Å²) in [5.74, 6) is 1.20. The topological polar surface area (TPSA) is 95.6 Å². The smallest absolute Gasteiger partial charge is 0.258 e. The van der Waals surface area contributed by atoms with Gasteiger partial charge in [-0.1, -0.05) is 12.1 Å². The number of ether oxygens (including phenoxy) is 1. The number of sulfonamides is 1. The molecule has 0 saturated carbocycles. The normalized spacial score (nSPS) is 17.1. The van der Waals surface area contributed by atoms with Crippen LogP contribution in [0.25, 0.3) is 10.9 Å². The molecule has 0 radical (unpaired) electrons. The Bertz CT molecular complexity index is 1200. The molecule has 0 unspecified atom stereocenters. The van der Waals surface area contributed by atoms with Gasteiger partial charge in [-0.05, 0) is 43.3 Å². The molecule has 1 N–H and O–H groups in total. The number of methoxy groups -OCH3 is 1. The molecule has 0 bridgehead atoms. The van der Waals surface area contributed by atoms with Gasteiger partial charge in [-0.25, -0.2) is 13.4 Å². The quantitative estimate of drug-likeness (QED) is 0.668. The predicted octanol–water partition coefficient (Wildman–Crippen LogP) is 2.00. The van der Waals surface area contributed by atoms with Gasteiger partial charge >= 0.3 is 0 Å². The largest absolute Gasteiger partial charge is 0.497 e. The molecule has 30 heavy (non-hydrogen) atoms. The van der Waals surface area contributed by atoms with Crippen LogP contribution in [0.4, 0.5) is 0 Å². The Hall–Kier alpha value is -2.75. The molecular formula is C21H24N4O4S. The standard InChI is InChI=1S/C21H24N4O4S/c1-15(20-22-19-6-4-3-5-18(19)21(26)23-20)24-11-13-25(14-12-24)30(27,28)17-9-7-16(29-2)8-10-17/h3-10,15H,11-14H2,1-2H3,(H,22,23,26)/t15-/m0/s1. The van der Waals surface area contributed by atoms with Crippen molar-refractivity contribution in [2.75, 3.05) is 33.3 Å². The molecule has 8 nitrogen and oxygen atoms in total. The van der Waals surface area contributed by atoms with Gasteiger partial charge in [0.05, 0.1) is 29.0 Å². The van der Waals surface area contributed by atoms with Crippen LogP contribution in [0, 0.1) is 0 Å². The van der Waals surface area contributed by atoms with Crippen molar-refractivity contribution in [3.05, 3.63) is 64.7 Å². The molecule has 0 spiro atoms. The van der Waals surface area contributed by atoms with E-state index in [2.05, 4.69) is 14.9 Å². The number of fused-ring (bicyclic) bond motifs is 1. The van der Waals surface area contributed by atoms with Gasteiger partial charge < -0.3 is 9.72 Å². The molecule has 2 heterocycles. The van der Waals surface area contributed by atoms with Crippen LogP contribution in [0.5, 0.6) is 5.75 Å². The first-order valence-electron chi connectivity index (χ1n) is 9.77. The van der Waals surface area contributed by atoms with E-state index in [1.165, 1.54) is 4.31 Å². The third-order valence-electron chi connectivity index (χ3n) is 5.55. The second kappa shape index (κ2) is 8.17. The van der Waals surface area contributed by atoms with Crippen molar-refractivity contribution in [3.63, 3.8) is 0 Å². The van der Waals surface area contributed by atoms with Crippen molar-refractivity contribution in [1.29, 1.82) is 0 Å². The number of benzene rings is 2. The number of piperazine rings is 1. The highest BCUT2D eigenvalue weighted by atomic mass is 32.2. The van der Waals surface area contributed by atoms with E-state index < -0.39 is 10.0 Å². The molecule has 1 aliphatic heterocycles. The molecule has 0 amide bonds. The van der Waals surface area contributed by atoms with Crippen LogP contribution >= 0.6 is 0 Å². The highest BCUT2D eigenvalue weighted by Gasteiger charge is 2.31. The SMILES string of the molecule is COc1ccc(S(=O)(=O)N2CCN([C@@H](C)c3nc4ccccc4c(=O)[nH]3)CC2)cc1. The fourth-order valence-electron chi connectivity index (χ4n) is 3.70. The lowest BCUT2D eigenvalue weighted by Crippen LogP contribution is -2.49. The number of nitrogens with one attached hydrogen (secondary N) is 1. The molecule has 4 rings (SSSR count). The summed E-state index contributed by atoms with van der Waals surface area (Å²) in [7, 11) is -2.02. The minimum Gasteiger partial charge on any atom is -0.497 e. The highest BCUT2D eigenvalue weighted by molar-refractivity contribution is 7.89. The highest BCUT2D eigenvalue weighted by Crippen LogP contribution is 2.24. The van der Waals surface area contributed by atoms with E-state index >= 15 is 0 Å². The van der Waals surface area contributed by atoms with Crippen LogP contribution in [-0.4, -0.2) is 60.9 Å². The number of aromatic nitrogens is 2. The van der Waals surface area contributed by atoms with Gasteiger partial charge in [0.1, 0.15) is 11.6 Å². The lowest BCUT2D eigenvalue weighted by atomic mass is 10.2. The molecule has 1 fully saturated rings. The van der Waals surface area contributed by atoms with E-state index in [1.807, 2.05) is 25.1 Å². The second-order valence-corrected chi connectivity index (χ2v) is 9.20. The van der Waals surface area contributed by atoms with Gasteiger partial charge in [-0.2, -0.15) is 4.31 Å². The summed E-state index contributed by atoms with van der Waals surface area (Å²) in [6, 6.07) is 13.5. The molecule has 2 aromatic carbocycles. The summed E-state index contributed by atoms with van der Waals surface area (Å²) in [5.41, 5.74) is 0.493. The van der Waals surface area contributed by atoms with E-state index in [4.69, 9.17) is 4.74 Å². The fraction of sp³-hybridized carbons (Fsp3) is 0.333. The summed E-state index contributed by atoms with van der Waals surface area (Å²) in [4.78, 5) is 22.2. The Balaban J connectivity index is 1.48. The summed E-state index contributed by atoms with van der Waals surface area (Å²) >= 11 is 0. The molecular weight excluding hydrogens is 404 g/mol. The molecule has 3 aromatic rings. The molecule has 9 heteroatoms. The Morgan fingerprint density at radius 1 is 1.03 bits per heavy atom. The maximum atomic E-state index is 12.9. The zero-order valence-corrected chi connectivity index (χ0v) is 17.7. The first kappa shape index (κ1) is 20.5. The van der Waals surface area contributed by atoms with Crippen LogP contribution in [0.15, 0.2) is 58.2 Å². The molecule has 1 aliphatic rings. The first-order valence-corrected chi connectivity index (χ1v) is 11.2. The van der Waals surface area contributed by atoms with E-state index in [0.29, 0.717) is 48.7 Å². The molecule has 1 saturated heterocycles. The van der Waals surface area contributed by atoms with Crippen molar-refractivity contribution in [2.24, 2.45) is 0 Å². The first-order chi connectivity index (χ1) is 14.4. The maximum absolute atomic E-state index is 12.9. The van der Waals surface area contributed by atoms with E-state index in [1.54, 1.807) is 37.4 Å². The monoisotopic (exact) mass is 428 g/mol. The lowest BCUT2D eigenvalue weighted by Gasteiger charge is -2.37. The van der Waals surface area contributed by atoms with E-state index in [9.17, 15) is 13.2 Å². The van der Waals surface area contributed by atoms with Gasteiger partial charge in [0.15, 0.2) is 0 Å². The number of para-hydroxylation sites is 1. The number of rotatable bonds is 5. The van der Waals surface area contributed by atoms with Crippen LogP contribution in [0.1, 0.15) is 18.8 Å². The van der Waals surface area contributed by atoms with Crippen LogP contribution in [-0.2, 0) is 10.0 Å². The zero-order valence-electron chi connectivity index (χ0n) is 16.9. The number of nitrogens with zero attached hydrogens (tertiary/aromatic N) is 3. The van der Waals surface area contributed by atoms with Gasteiger partial charge in [0.2, 0.25) is 10.0 Å². The van der Waals surface area contributed by atoms with Crippen LogP contribution in [0.2, 0.25) is 0 Å². The molecule has 158 valence electrons. The Kier molecular flexibility index (Phi) is 5.59. The predicted molar refractivity (Wildman–Crippen MR) is 114 cm³/mol. The summed E-state index contributed by atoms with van der Waals surface area (Å²) in [5, 5.41) is 0.559. The second-order valence-electron chi connectivity index (χ2n) is 7.26. The van der Waals surface area contributed by atoms with Crippen molar-refractivity contribution in [1.82, 2.24) is 19.2 Å². The van der Waals surface area contributed by atoms with E-state index in [-0.39, 0.29) is 16.5 Å². The maximum Gasteiger partial charge on any atom is 0.258 e. The third-order valence-corrected chi connectivity index (χ3v) is 7.46. The fourth-order valence-corrected chi connectivity index (χ4v) is 5.13. The number of H-pyrrole nitrogens is 1. The minimum atomic E-state index is -3.56. The van der Waals surface area contributed by atoms with Crippen molar-refractivity contribution in [2.45, 2.75) is 17.9 Å². The third kappa shape index (κ3) is 3.83. The van der Waals surface area contributed by atoms with Crippen molar-refractivity contribution < 1.29 is 13.2 Å². The Morgan fingerprint density at radius 3 is 2.37 bits per heavy atom. The summed E-state index contributed by atoms with van der Waals surface area (Å²) in [6.07, 6.45) is 0. The summed E-state index contributed by atoms with van der Waals surface area (Å²) < 4.78 is 32.5. The molecule has 0 aliphatic carbocycles. The lowest BCUT2D eigenvalue weighted by molar-refractivity contribution is 0.141. The summed E-state index contributed by atoms with van der Waals surface area (Å²) in [6.45, 7) is 3.81. The van der Waals surface area contributed by atoms with Crippen molar-refractivity contribution >= 4 is 20.9 Å². The van der Waals surface area contributed by atoms with Gasteiger partial charge in [-0.15, -0.1) is 0 Å². The average molecular weight is 429 g/mol. The number of hydrogen-bond donors (Lipinski definition) is 1. The minimum absolute atomic E-state index is 0.131. The van der Waals surface area contributed by atoms with E-state index in [0.717, 1.165) is 0 Å². The average Bonchev–Trinajstić information content (AvgIpc) is 2.78. The zero-order chi connectivity index (χ0) is 21.3.